The maximum Gasteiger partial charge on any atom is 0.135 e. The first kappa shape index (κ1) is 19.4. The van der Waals surface area contributed by atoms with Crippen LogP contribution in [0.25, 0.3) is 16.7 Å². The second-order valence-corrected chi connectivity index (χ2v) is 7.87. The van der Waals surface area contributed by atoms with E-state index in [4.69, 9.17) is 0 Å². The number of hydrogen-bond donors (Lipinski definition) is 0. The van der Waals surface area contributed by atoms with Crippen molar-refractivity contribution in [2.75, 3.05) is 0 Å². The Balaban J connectivity index is 1.59. The van der Waals surface area contributed by atoms with E-state index in [1.54, 1.807) is 35.6 Å². The maximum absolute atomic E-state index is 14.6. The van der Waals surface area contributed by atoms with E-state index in [2.05, 4.69) is 46.4 Å². The molecule has 0 radical (unpaired) electrons. The van der Waals surface area contributed by atoms with Crippen LogP contribution in [0.2, 0.25) is 0 Å². The van der Waals surface area contributed by atoms with Gasteiger partial charge in [0.1, 0.15) is 11.6 Å². The summed E-state index contributed by atoms with van der Waals surface area (Å²) in [5.41, 5.74) is 2.60. The van der Waals surface area contributed by atoms with Crippen LogP contribution in [-0.2, 0) is 0 Å². The molecule has 0 bridgehead atoms. The van der Waals surface area contributed by atoms with Crippen molar-refractivity contribution in [1.82, 2.24) is 0 Å². The molecule has 142 valence electrons. The molecule has 0 saturated heterocycles. The van der Waals surface area contributed by atoms with E-state index in [0.29, 0.717) is 16.8 Å². The van der Waals surface area contributed by atoms with Gasteiger partial charge in [0.05, 0.1) is 21.3 Å². The molecule has 0 atom stereocenters. The molecule has 1 aliphatic rings. The molecule has 0 fully saturated rings. The Hall–Kier alpha value is -2.90. The largest absolute Gasteiger partial charge is 0.206 e. The molecule has 0 N–H and O–H groups in total. The summed E-state index contributed by atoms with van der Waals surface area (Å²) in [6.07, 6.45) is 5.69. The molecule has 1 aliphatic carbocycles. The zero-order chi connectivity index (χ0) is 20.2. The van der Waals surface area contributed by atoms with Crippen molar-refractivity contribution >= 4 is 40.0 Å². The molecule has 0 saturated carbocycles. The number of nitrogens with zero attached hydrogens (tertiary/aromatic N) is 1. The van der Waals surface area contributed by atoms with E-state index in [1.165, 1.54) is 29.0 Å². The highest BCUT2D eigenvalue weighted by atomic mass is 32.1. The fourth-order valence-electron chi connectivity index (χ4n) is 3.28. The molecule has 0 amide bonds. The lowest BCUT2D eigenvalue weighted by Crippen LogP contribution is -1.92. The van der Waals surface area contributed by atoms with Gasteiger partial charge in [-0.1, -0.05) is 30.0 Å². The second kappa shape index (κ2) is 8.63. The fraction of sp³-hybridized carbons (Fsp3) is 0.125. The summed E-state index contributed by atoms with van der Waals surface area (Å²) in [6, 6.07) is 13.0. The van der Waals surface area contributed by atoms with Gasteiger partial charge in [0.25, 0.3) is 0 Å². The van der Waals surface area contributed by atoms with Gasteiger partial charge < -0.3 is 0 Å². The number of hydrogen-bond acceptors (Lipinski definition) is 3. The standard InChI is InChI=1S/C24H15F2NS2/c25-21-13-16(5-10-20-11-12-23(29-20)17-3-1-2-4-17)14-22(26)24(21)18-6-8-19(9-7-18)27-15-28/h3,6-9,11-14H,1-2,4H2. The second-order valence-electron chi connectivity index (χ2n) is 6.60. The quantitative estimate of drug-likeness (QED) is 0.245. The van der Waals surface area contributed by atoms with Gasteiger partial charge in [-0.3, -0.25) is 0 Å². The summed E-state index contributed by atoms with van der Waals surface area (Å²) in [6.45, 7) is 0. The highest BCUT2D eigenvalue weighted by Gasteiger charge is 2.13. The number of halogens is 2. The number of aliphatic imine (C=N–C) groups is 1. The average molecular weight is 420 g/mol. The minimum atomic E-state index is -0.650. The SMILES string of the molecule is Fc1cc(C#Cc2ccc(C3=CCCC3)s2)cc(F)c1-c1ccc(N=C=S)cc1. The van der Waals surface area contributed by atoms with Crippen LogP contribution in [0.3, 0.4) is 0 Å². The van der Waals surface area contributed by atoms with Crippen LogP contribution in [-0.4, -0.2) is 5.16 Å². The van der Waals surface area contributed by atoms with Crippen LogP contribution in [0.1, 0.15) is 34.6 Å². The lowest BCUT2D eigenvalue weighted by molar-refractivity contribution is 0.589. The average Bonchev–Trinajstić information content (AvgIpc) is 3.39. The van der Waals surface area contributed by atoms with Gasteiger partial charge in [-0.25, -0.2) is 8.78 Å². The van der Waals surface area contributed by atoms with Crippen molar-refractivity contribution in [2.45, 2.75) is 19.3 Å². The third kappa shape index (κ3) is 4.41. The fourth-order valence-corrected chi connectivity index (χ4v) is 4.32. The van der Waals surface area contributed by atoms with Crippen LogP contribution in [0.5, 0.6) is 0 Å². The molecule has 2 aromatic carbocycles. The van der Waals surface area contributed by atoms with E-state index in [0.717, 1.165) is 17.7 Å². The van der Waals surface area contributed by atoms with E-state index in [-0.39, 0.29) is 5.56 Å². The van der Waals surface area contributed by atoms with E-state index in [9.17, 15) is 8.78 Å². The van der Waals surface area contributed by atoms with Crippen LogP contribution in [0, 0.1) is 23.5 Å². The molecule has 0 unspecified atom stereocenters. The Kier molecular flexibility index (Phi) is 5.78. The zero-order valence-corrected chi connectivity index (χ0v) is 17.0. The first-order valence-corrected chi connectivity index (χ1v) is 10.3. The Labute approximate surface area is 177 Å². The molecule has 1 aromatic heterocycles. The van der Waals surface area contributed by atoms with Gasteiger partial charge >= 0.3 is 0 Å². The minimum Gasteiger partial charge on any atom is -0.206 e. The Morgan fingerprint density at radius 1 is 0.966 bits per heavy atom. The normalized spacial score (nSPS) is 12.7. The number of isothiocyanates is 1. The Bertz CT molecular complexity index is 1180. The summed E-state index contributed by atoms with van der Waals surface area (Å²) in [4.78, 5) is 5.94. The minimum absolute atomic E-state index is 0.0833. The summed E-state index contributed by atoms with van der Waals surface area (Å²) in [7, 11) is 0. The third-order valence-electron chi connectivity index (χ3n) is 4.67. The Morgan fingerprint density at radius 2 is 1.72 bits per heavy atom. The predicted octanol–water partition coefficient (Wildman–Crippen LogP) is 7.39. The van der Waals surface area contributed by atoms with Crippen molar-refractivity contribution in [3.8, 4) is 23.0 Å². The molecule has 0 aliphatic heterocycles. The van der Waals surface area contributed by atoms with Crippen molar-refractivity contribution < 1.29 is 8.78 Å². The van der Waals surface area contributed by atoms with Gasteiger partial charge in [-0.15, -0.1) is 11.3 Å². The van der Waals surface area contributed by atoms with E-state index in [1.807, 2.05) is 6.07 Å². The topological polar surface area (TPSA) is 12.4 Å². The van der Waals surface area contributed by atoms with Crippen LogP contribution in [0.4, 0.5) is 14.5 Å². The van der Waals surface area contributed by atoms with Crippen LogP contribution in [0.15, 0.2) is 59.6 Å². The van der Waals surface area contributed by atoms with Crippen LogP contribution >= 0.6 is 23.6 Å². The zero-order valence-electron chi connectivity index (χ0n) is 15.3. The number of rotatable bonds is 3. The predicted molar refractivity (Wildman–Crippen MR) is 119 cm³/mol. The van der Waals surface area contributed by atoms with Crippen molar-refractivity contribution in [2.24, 2.45) is 4.99 Å². The number of allylic oxidation sites excluding steroid dienone is 2. The van der Waals surface area contributed by atoms with E-state index >= 15 is 0 Å². The van der Waals surface area contributed by atoms with Gasteiger partial charge in [-0.05, 0) is 79.0 Å². The summed E-state index contributed by atoms with van der Waals surface area (Å²) in [5.74, 6) is 4.60. The van der Waals surface area contributed by atoms with Crippen molar-refractivity contribution in [1.29, 1.82) is 0 Å². The number of benzene rings is 2. The highest BCUT2D eigenvalue weighted by molar-refractivity contribution is 7.78. The molecule has 1 heterocycles. The van der Waals surface area contributed by atoms with Gasteiger partial charge in [0, 0.05) is 10.4 Å². The first-order valence-electron chi connectivity index (χ1n) is 9.12. The third-order valence-corrected chi connectivity index (χ3v) is 5.83. The Morgan fingerprint density at radius 3 is 2.38 bits per heavy atom. The molecule has 4 rings (SSSR count). The molecule has 0 spiro atoms. The first-order chi connectivity index (χ1) is 14.1. The van der Waals surface area contributed by atoms with Gasteiger partial charge in [0.2, 0.25) is 0 Å². The van der Waals surface area contributed by atoms with Crippen molar-refractivity contribution in [3.63, 3.8) is 0 Å². The molecule has 3 aromatic rings. The molecular weight excluding hydrogens is 404 g/mol. The van der Waals surface area contributed by atoms with Crippen LogP contribution < -0.4 is 0 Å². The number of thiocarbonyl (C=S) groups is 1. The van der Waals surface area contributed by atoms with Crippen molar-refractivity contribution in [3.05, 3.63) is 81.6 Å². The summed E-state index contributed by atoms with van der Waals surface area (Å²) < 4.78 is 29.2. The maximum atomic E-state index is 14.6. The van der Waals surface area contributed by atoms with Gasteiger partial charge in [-0.2, -0.15) is 4.99 Å². The molecule has 29 heavy (non-hydrogen) atoms. The molecule has 1 nitrogen and oxygen atoms in total. The molecular formula is C24H15F2NS2. The summed E-state index contributed by atoms with van der Waals surface area (Å²) >= 11 is 6.17. The summed E-state index contributed by atoms with van der Waals surface area (Å²) in [5, 5.41) is 2.26. The van der Waals surface area contributed by atoms with E-state index < -0.39 is 11.6 Å². The number of thiophene rings is 1. The monoisotopic (exact) mass is 419 g/mol. The smallest absolute Gasteiger partial charge is 0.135 e. The van der Waals surface area contributed by atoms with Gasteiger partial charge in [0.15, 0.2) is 0 Å². The molecule has 5 heteroatoms. The highest BCUT2D eigenvalue weighted by Crippen LogP contribution is 2.32. The lowest BCUT2D eigenvalue weighted by atomic mass is 10.0. The lowest BCUT2D eigenvalue weighted by Gasteiger charge is -2.06.